The number of benzene rings is 1. The van der Waals surface area contributed by atoms with E-state index in [1.165, 1.54) is 6.92 Å². The van der Waals surface area contributed by atoms with Crippen molar-refractivity contribution in [2.75, 3.05) is 0 Å². The highest BCUT2D eigenvalue weighted by Crippen LogP contribution is 2.19. The van der Waals surface area contributed by atoms with Crippen LogP contribution in [0.3, 0.4) is 0 Å². The Labute approximate surface area is 105 Å². The van der Waals surface area contributed by atoms with Crippen molar-refractivity contribution >= 4 is 28.9 Å². The van der Waals surface area contributed by atoms with Crippen LogP contribution in [0, 0.1) is 18.3 Å². The lowest BCUT2D eigenvalue weighted by atomic mass is 9.91. The summed E-state index contributed by atoms with van der Waals surface area (Å²) in [6.45, 7) is 4.64. The molecule has 1 atom stereocenters. The van der Waals surface area contributed by atoms with Crippen LogP contribution in [0.5, 0.6) is 0 Å². The Hall–Kier alpha value is -1.48. The number of nitrogens with one attached hydrogen (secondary N) is 1. The third kappa shape index (κ3) is 3.01. The average Bonchev–Trinajstić information content (AvgIpc) is 2.26. The predicted octanol–water partition coefficient (Wildman–Crippen LogP) is 3.08. The van der Waals surface area contributed by atoms with E-state index in [2.05, 4.69) is 0 Å². The third-order valence-corrected chi connectivity index (χ3v) is 2.89. The highest BCUT2D eigenvalue weighted by atomic mass is 35.5. The zero-order valence-electron chi connectivity index (χ0n) is 10.0. The Kier molecular flexibility index (Phi) is 4.18. The first-order chi connectivity index (χ1) is 7.84. The number of hydrogen-bond donors (Lipinski definition) is 1. The first-order valence-electron chi connectivity index (χ1n) is 5.24. The van der Waals surface area contributed by atoms with E-state index in [0.717, 1.165) is 5.56 Å². The van der Waals surface area contributed by atoms with Gasteiger partial charge in [-0.3, -0.25) is 9.59 Å². The van der Waals surface area contributed by atoms with Gasteiger partial charge < -0.3 is 5.41 Å². The molecular weight excluding hydrogens is 238 g/mol. The van der Waals surface area contributed by atoms with Gasteiger partial charge in [-0.2, -0.15) is 0 Å². The van der Waals surface area contributed by atoms with E-state index in [-0.39, 0.29) is 17.3 Å². The van der Waals surface area contributed by atoms with Crippen LogP contribution in [0.2, 0.25) is 5.02 Å². The number of Topliss-reactive ketones (excluding diaryl/α,β-unsaturated/α-hetero) is 2. The summed E-state index contributed by atoms with van der Waals surface area (Å²) in [5, 5.41) is 8.11. The van der Waals surface area contributed by atoms with Gasteiger partial charge in [0.25, 0.3) is 0 Å². The van der Waals surface area contributed by atoms with Gasteiger partial charge in [0.1, 0.15) is 0 Å². The van der Waals surface area contributed by atoms with E-state index < -0.39 is 5.92 Å². The molecule has 0 radical (unpaired) electrons. The normalized spacial score (nSPS) is 12.0. The van der Waals surface area contributed by atoms with Crippen LogP contribution < -0.4 is 0 Å². The van der Waals surface area contributed by atoms with Crippen molar-refractivity contribution in [2.24, 2.45) is 5.92 Å². The second-order valence-corrected chi connectivity index (χ2v) is 4.45. The maximum Gasteiger partial charge on any atom is 0.173 e. The van der Waals surface area contributed by atoms with Gasteiger partial charge in [-0.15, -0.1) is 0 Å². The smallest absolute Gasteiger partial charge is 0.173 e. The van der Waals surface area contributed by atoms with Crippen molar-refractivity contribution in [2.45, 2.75) is 20.8 Å². The summed E-state index contributed by atoms with van der Waals surface area (Å²) in [4.78, 5) is 23.1. The molecule has 1 aromatic carbocycles. The second-order valence-electron chi connectivity index (χ2n) is 4.02. The van der Waals surface area contributed by atoms with E-state index in [9.17, 15) is 9.59 Å². The van der Waals surface area contributed by atoms with E-state index >= 15 is 0 Å². The summed E-state index contributed by atoms with van der Waals surface area (Å²) in [5.74, 6) is -1.32. The highest BCUT2D eigenvalue weighted by Gasteiger charge is 2.23. The SMILES string of the molecule is CC(=O)C(=N)C(C)C(=O)c1ccc(Cl)cc1C. The molecule has 3 nitrogen and oxygen atoms in total. The monoisotopic (exact) mass is 251 g/mol. The molecule has 0 heterocycles. The highest BCUT2D eigenvalue weighted by molar-refractivity contribution is 6.42. The summed E-state index contributed by atoms with van der Waals surface area (Å²) in [5.41, 5.74) is 1.10. The van der Waals surface area contributed by atoms with E-state index in [4.69, 9.17) is 17.0 Å². The minimum Gasteiger partial charge on any atom is -0.301 e. The average molecular weight is 252 g/mol. The molecular formula is C13H14ClNO2. The van der Waals surface area contributed by atoms with Crippen molar-refractivity contribution in [3.05, 3.63) is 34.3 Å². The molecule has 0 aliphatic rings. The van der Waals surface area contributed by atoms with Crippen LogP contribution in [0.4, 0.5) is 0 Å². The standard InChI is InChI=1S/C13H14ClNO2/c1-7-6-10(14)4-5-11(7)13(17)8(2)12(15)9(3)16/h4-6,8,15H,1-3H3. The Balaban J connectivity index is 3.05. The van der Waals surface area contributed by atoms with Crippen molar-refractivity contribution < 1.29 is 9.59 Å². The molecule has 1 unspecified atom stereocenters. The van der Waals surface area contributed by atoms with E-state index in [1.807, 2.05) is 0 Å². The number of carbonyl (C=O) groups excluding carboxylic acids is 2. The van der Waals surface area contributed by atoms with Gasteiger partial charge in [0.2, 0.25) is 0 Å². The predicted molar refractivity (Wildman–Crippen MR) is 68.1 cm³/mol. The molecule has 0 aliphatic heterocycles. The van der Waals surface area contributed by atoms with Crippen LogP contribution >= 0.6 is 11.6 Å². The van der Waals surface area contributed by atoms with Gasteiger partial charge in [-0.05, 0) is 37.6 Å². The maximum atomic E-state index is 12.1. The lowest BCUT2D eigenvalue weighted by molar-refractivity contribution is -0.111. The molecule has 1 rings (SSSR count). The topological polar surface area (TPSA) is 58.0 Å². The minimum atomic E-state index is -0.715. The molecule has 1 aromatic rings. The molecule has 0 spiro atoms. The first-order valence-corrected chi connectivity index (χ1v) is 5.62. The Morgan fingerprint density at radius 1 is 1.35 bits per heavy atom. The summed E-state index contributed by atoms with van der Waals surface area (Å²) in [6, 6.07) is 4.95. The van der Waals surface area contributed by atoms with Crippen LogP contribution in [0.25, 0.3) is 0 Å². The molecule has 17 heavy (non-hydrogen) atoms. The fourth-order valence-corrected chi connectivity index (χ4v) is 1.80. The van der Waals surface area contributed by atoms with Gasteiger partial charge in [0, 0.05) is 17.5 Å². The maximum absolute atomic E-state index is 12.1. The van der Waals surface area contributed by atoms with Gasteiger partial charge in [0.05, 0.1) is 11.6 Å². The summed E-state index contributed by atoms with van der Waals surface area (Å²) < 4.78 is 0. The van der Waals surface area contributed by atoms with Gasteiger partial charge in [0.15, 0.2) is 11.6 Å². The first kappa shape index (κ1) is 13.6. The zero-order valence-corrected chi connectivity index (χ0v) is 10.8. The van der Waals surface area contributed by atoms with Crippen molar-refractivity contribution in [3.8, 4) is 0 Å². The third-order valence-electron chi connectivity index (χ3n) is 2.66. The quantitative estimate of drug-likeness (QED) is 0.660. The summed E-state index contributed by atoms with van der Waals surface area (Å²) in [6.07, 6.45) is 0. The lowest BCUT2D eigenvalue weighted by Gasteiger charge is -2.11. The molecule has 1 N–H and O–H groups in total. The second kappa shape index (κ2) is 5.23. The molecule has 90 valence electrons. The summed E-state index contributed by atoms with van der Waals surface area (Å²) in [7, 11) is 0. The van der Waals surface area contributed by atoms with Crippen molar-refractivity contribution in [1.82, 2.24) is 0 Å². The van der Waals surface area contributed by atoms with Gasteiger partial charge in [-0.25, -0.2) is 0 Å². The zero-order chi connectivity index (χ0) is 13.2. The van der Waals surface area contributed by atoms with Crippen LogP contribution in [0.15, 0.2) is 18.2 Å². The molecule has 0 aliphatic carbocycles. The van der Waals surface area contributed by atoms with E-state index in [0.29, 0.717) is 10.6 Å². The molecule has 0 saturated heterocycles. The van der Waals surface area contributed by atoms with Crippen molar-refractivity contribution in [1.29, 1.82) is 5.41 Å². The fourth-order valence-electron chi connectivity index (χ4n) is 1.57. The molecule has 0 amide bonds. The number of hydrogen-bond acceptors (Lipinski definition) is 3. The number of halogens is 1. The molecule has 4 heteroatoms. The number of ketones is 2. The van der Waals surface area contributed by atoms with Gasteiger partial charge >= 0.3 is 0 Å². The minimum absolute atomic E-state index is 0.163. The molecule has 0 bridgehead atoms. The Bertz CT molecular complexity index is 494. The number of carbonyl (C=O) groups is 2. The molecule has 0 aromatic heterocycles. The van der Waals surface area contributed by atoms with Crippen LogP contribution in [-0.4, -0.2) is 17.3 Å². The molecule has 0 fully saturated rings. The summed E-state index contributed by atoms with van der Waals surface area (Å²) >= 11 is 5.81. The van der Waals surface area contributed by atoms with Gasteiger partial charge in [-0.1, -0.05) is 11.6 Å². The largest absolute Gasteiger partial charge is 0.301 e. The Morgan fingerprint density at radius 3 is 2.41 bits per heavy atom. The Morgan fingerprint density at radius 2 is 1.94 bits per heavy atom. The van der Waals surface area contributed by atoms with Crippen molar-refractivity contribution in [3.63, 3.8) is 0 Å². The molecule has 0 saturated carbocycles. The lowest BCUT2D eigenvalue weighted by Crippen LogP contribution is -2.26. The number of rotatable bonds is 4. The number of aryl methyl sites for hydroxylation is 1. The van der Waals surface area contributed by atoms with E-state index in [1.54, 1.807) is 32.0 Å². The van der Waals surface area contributed by atoms with Crippen LogP contribution in [0.1, 0.15) is 29.8 Å². The van der Waals surface area contributed by atoms with Crippen LogP contribution in [-0.2, 0) is 4.79 Å². The fraction of sp³-hybridized carbons (Fsp3) is 0.308.